The Bertz CT molecular complexity index is 210. The maximum Gasteiger partial charge on any atom is 0.0235 e. The van der Waals surface area contributed by atoms with Crippen molar-refractivity contribution in [3.8, 4) is 0 Å². The molecule has 0 bridgehead atoms. The van der Waals surface area contributed by atoms with Crippen molar-refractivity contribution in [1.82, 2.24) is 9.80 Å². The van der Waals surface area contributed by atoms with Gasteiger partial charge in [-0.1, -0.05) is 13.3 Å². The fourth-order valence-corrected chi connectivity index (χ4v) is 3.27. The first-order valence-electron chi connectivity index (χ1n) is 7.50. The number of rotatable bonds is 6. The van der Waals surface area contributed by atoms with E-state index in [4.69, 9.17) is 5.73 Å². The lowest BCUT2D eigenvalue weighted by molar-refractivity contribution is 0.226. The van der Waals surface area contributed by atoms with Gasteiger partial charge in [-0.15, -0.1) is 0 Å². The highest BCUT2D eigenvalue weighted by molar-refractivity contribution is 4.85. The summed E-state index contributed by atoms with van der Waals surface area (Å²) < 4.78 is 0. The van der Waals surface area contributed by atoms with E-state index in [2.05, 4.69) is 16.7 Å². The first-order chi connectivity index (χ1) is 8.33. The fraction of sp³-hybridized carbons (Fsp3) is 1.00. The van der Waals surface area contributed by atoms with Gasteiger partial charge < -0.3 is 10.6 Å². The maximum absolute atomic E-state index is 5.77. The molecule has 2 atom stereocenters. The summed E-state index contributed by atoms with van der Waals surface area (Å²) in [6.45, 7) is 9.69. The van der Waals surface area contributed by atoms with Gasteiger partial charge in [-0.3, -0.25) is 4.90 Å². The van der Waals surface area contributed by atoms with Gasteiger partial charge in [-0.2, -0.15) is 0 Å². The molecule has 0 aliphatic carbocycles. The summed E-state index contributed by atoms with van der Waals surface area (Å²) in [5.74, 6) is 0.737. The Morgan fingerprint density at radius 1 is 1.24 bits per heavy atom. The van der Waals surface area contributed by atoms with E-state index < -0.39 is 0 Å². The molecule has 2 aliphatic rings. The Balaban J connectivity index is 1.67. The molecule has 0 amide bonds. The molecule has 3 heteroatoms. The molecule has 2 unspecified atom stereocenters. The largest absolute Gasteiger partial charge is 0.330 e. The molecule has 0 aromatic heterocycles. The normalized spacial score (nSPS) is 28.9. The van der Waals surface area contributed by atoms with Crippen LogP contribution in [-0.2, 0) is 0 Å². The standard InChI is InChI=1S/C14H29N3/c1-2-13(11-15)5-9-16-10-6-14(12-16)17-7-3-4-8-17/h13-14H,2-12,15H2,1H3. The van der Waals surface area contributed by atoms with E-state index in [1.807, 2.05) is 0 Å². The molecule has 0 saturated carbocycles. The van der Waals surface area contributed by atoms with Gasteiger partial charge in [0.25, 0.3) is 0 Å². The van der Waals surface area contributed by atoms with Crippen LogP contribution in [0.15, 0.2) is 0 Å². The van der Waals surface area contributed by atoms with Gasteiger partial charge in [0, 0.05) is 12.6 Å². The van der Waals surface area contributed by atoms with Crippen LogP contribution in [0.1, 0.15) is 39.0 Å². The van der Waals surface area contributed by atoms with E-state index in [9.17, 15) is 0 Å². The second-order valence-electron chi connectivity index (χ2n) is 5.78. The lowest BCUT2D eigenvalue weighted by Crippen LogP contribution is -2.35. The first kappa shape index (κ1) is 13.3. The average molecular weight is 239 g/mol. The molecule has 2 fully saturated rings. The van der Waals surface area contributed by atoms with Crippen molar-refractivity contribution in [1.29, 1.82) is 0 Å². The predicted octanol–water partition coefficient (Wildman–Crippen LogP) is 1.53. The Morgan fingerprint density at radius 3 is 2.65 bits per heavy atom. The summed E-state index contributed by atoms with van der Waals surface area (Å²) in [6, 6.07) is 0.857. The molecule has 2 heterocycles. The molecule has 0 spiro atoms. The highest BCUT2D eigenvalue weighted by Crippen LogP contribution is 2.21. The minimum absolute atomic E-state index is 0.737. The number of likely N-dealkylation sites (tertiary alicyclic amines) is 2. The van der Waals surface area contributed by atoms with Crippen LogP contribution in [0.4, 0.5) is 0 Å². The zero-order valence-electron chi connectivity index (χ0n) is 11.4. The van der Waals surface area contributed by atoms with Gasteiger partial charge in [0.2, 0.25) is 0 Å². The van der Waals surface area contributed by atoms with Crippen molar-refractivity contribution in [2.24, 2.45) is 11.7 Å². The van der Waals surface area contributed by atoms with Gasteiger partial charge in [0.15, 0.2) is 0 Å². The summed E-state index contributed by atoms with van der Waals surface area (Å²) in [7, 11) is 0. The Labute approximate surface area is 106 Å². The molecule has 100 valence electrons. The van der Waals surface area contributed by atoms with E-state index in [0.29, 0.717) is 0 Å². The molecule has 3 nitrogen and oxygen atoms in total. The third kappa shape index (κ3) is 3.67. The van der Waals surface area contributed by atoms with Crippen molar-refractivity contribution >= 4 is 0 Å². The number of nitrogens with two attached hydrogens (primary N) is 1. The zero-order chi connectivity index (χ0) is 12.1. The van der Waals surface area contributed by atoms with Crippen molar-refractivity contribution < 1.29 is 0 Å². The minimum atomic E-state index is 0.737. The van der Waals surface area contributed by atoms with E-state index >= 15 is 0 Å². The van der Waals surface area contributed by atoms with Gasteiger partial charge in [-0.25, -0.2) is 0 Å². The second-order valence-corrected chi connectivity index (χ2v) is 5.78. The van der Waals surface area contributed by atoms with Crippen molar-refractivity contribution in [3.05, 3.63) is 0 Å². The van der Waals surface area contributed by atoms with Crippen LogP contribution < -0.4 is 5.73 Å². The van der Waals surface area contributed by atoms with Crippen LogP contribution in [0.25, 0.3) is 0 Å². The van der Waals surface area contributed by atoms with E-state index in [1.54, 1.807) is 0 Å². The lowest BCUT2D eigenvalue weighted by atomic mass is 10.0. The van der Waals surface area contributed by atoms with Gasteiger partial charge >= 0.3 is 0 Å². The molecular weight excluding hydrogens is 210 g/mol. The highest BCUT2D eigenvalue weighted by Gasteiger charge is 2.28. The molecule has 2 saturated heterocycles. The monoisotopic (exact) mass is 239 g/mol. The molecule has 17 heavy (non-hydrogen) atoms. The Kier molecular flexibility index (Phi) is 5.26. The van der Waals surface area contributed by atoms with Crippen LogP contribution in [0.5, 0.6) is 0 Å². The summed E-state index contributed by atoms with van der Waals surface area (Å²) in [5, 5.41) is 0. The van der Waals surface area contributed by atoms with Gasteiger partial charge in [0.1, 0.15) is 0 Å². The SMILES string of the molecule is CCC(CN)CCN1CCC(N2CCCC2)C1. The average Bonchev–Trinajstić information content (AvgIpc) is 3.01. The fourth-order valence-electron chi connectivity index (χ4n) is 3.27. The van der Waals surface area contributed by atoms with Gasteiger partial charge in [-0.05, 0) is 64.3 Å². The third-order valence-electron chi connectivity index (χ3n) is 4.67. The molecule has 2 rings (SSSR count). The second kappa shape index (κ2) is 6.72. The van der Waals surface area contributed by atoms with Gasteiger partial charge in [0.05, 0.1) is 0 Å². The van der Waals surface area contributed by atoms with Crippen molar-refractivity contribution in [2.75, 3.05) is 39.3 Å². The summed E-state index contributed by atoms with van der Waals surface area (Å²) in [5.41, 5.74) is 5.77. The van der Waals surface area contributed by atoms with E-state index in [1.165, 1.54) is 64.8 Å². The van der Waals surface area contributed by atoms with Crippen LogP contribution >= 0.6 is 0 Å². The lowest BCUT2D eigenvalue weighted by Gasteiger charge is -2.24. The first-order valence-corrected chi connectivity index (χ1v) is 7.50. The van der Waals surface area contributed by atoms with Crippen molar-refractivity contribution in [2.45, 2.75) is 45.1 Å². The summed E-state index contributed by atoms with van der Waals surface area (Å²) >= 11 is 0. The molecular formula is C14H29N3. The van der Waals surface area contributed by atoms with Crippen molar-refractivity contribution in [3.63, 3.8) is 0 Å². The quantitative estimate of drug-likeness (QED) is 0.763. The van der Waals surface area contributed by atoms with E-state index in [0.717, 1.165) is 18.5 Å². The number of hydrogen-bond acceptors (Lipinski definition) is 3. The van der Waals surface area contributed by atoms with Crippen LogP contribution in [0, 0.1) is 5.92 Å². The van der Waals surface area contributed by atoms with Crippen LogP contribution in [0.3, 0.4) is 0 Å². The Morgan fingerprint density at radius 2 is 2.00 bits per heavy atom. The van der Waals surface area contributed by atoms with E-state index in [-0.39, 0.29) is 0 Å². The summed E-state index contributed by atoms with van der Waals surface area (Å²) in [4.78, 5) is 5.36. The molecule has 0 aromatic carbocycles. The predicted molar refractivity (Wildman–Crippen MR) is 73.1 cm³/mol. The highest BCUT2D eigenvalue weighted by atomic mass is 15.3. The maximum atomic E-state index is 5.77. The molecule has 0 aromatic rings. The smallest absolute Gasteiger partial charge is 0.0235 e. The third-order valence-corrected chi connectivity index (χ3v) is 4.67. The van der Waals surface area contributed by atoms with Crippen LogP contribution in [-0.4, -0.2) is 55.1 Å². The number of nitrogens with zero attached hydrogens (tertiary/aromatic N) is 2. The number of hydrogen-bond donors (Lipinski definition) is 1. The molecule has 2 aliphatic heterocycles. The van der Waals surface area contributed by atoms with Crippen LogP contribution in [0.2, 0.25) is 0 Å². The zero-order valence-corrected chi connectivity index (χ0v) is 11.4. The summed E-state index contributed by atoms with van der Waals surface area (Å²) in [6.07, 6.45) is 6.75. The molecule has 2 N–H and O–H groups in total. The minimum Gasteiger partial charge on any atom is -0.330 e. The topological polar surface area (TPSA) is 32.5 Å². The molecule has 0 radical (unpaired) electrons. The Hall–Kier alpha value is -0.120.